The van der Waals surface area contributed by atoms with E-state index in [1.165, 1.54) is 0 Å². The summed E-state index contributed by atoms with van der Waals surface area (Å²) in [5, 5.41) is 2.90. The van der Waals surface area contributed by atoms with E-state index >= 15 is 0 Å². The van der Waals surface area contributed by atoms with E-state index in [2.05, 4.69) is 5.32 Å². The van der Waals surface area contributed by atoms with Gasteiger partial charge in [0, 0.05) is 26.0 Å². The van der Waals surface area contributed by atoms with Crippen LogP contribution in [0.5, 0.6) is 11.5 Å². The molecular weight excluding hydrogens is 268 g/mol. The first kappa shape index (κ1) is 15.0. The van der Waals surface area contributed by atoms with Crippen molar-refractivity contribution in [2.75, 3.05) is 20.8 Å². The van der Waals surface area contributed by atoms with Crippen molar-refractivity contribution in [1.82, 2.24) is 9.88 Å². The summed E-state index contributed by atoms with van der Waals surface area (Å²) in [6.07, 6.45) is 4.32. The number of rotatable bonds is 6. The van der Waals surface area contributed by atoms with Crippen molar-refractivity contribution in [2.24, 2.45) is 7.05 Å². The maximum atomic E-state index is 11.9. The SMILES string of the molecule is COc1ccc(OC)c(CCNC(=O)c2ccn(C)c2)c1. The number of hydrogen-bond acceptors (Lipinski definition) is 3. The summed E-state index contributed by atoms with van der Waals surface area (Å²) in [5.74, 6) is 1.50. The fourth-order valence-corrected chi connectivity index (χ4v) is 2.13. The van der Waals surface area contributed by atoms with Gasteiger partial charge in [-0.15, -0.1) is 0 Å². The van der Waals surface area contributed by atoms with Crippen molar-refractivity contribution < 1.29 is 14.3 Å². The highest BCUT2D eigenvalue weighted by molar-refractivity contribution is 5.93. The molecule has 0 saturated carbocycles. The number of benzene rings is 1. The van der Waals surface area contributed by atoms with Crippen LogP contribution < -0.4 is 14.8 Å². The third kappa shape index (κ3) is 3.78. The predicted molar refractivity (Wildman–Crippen MR) is 81.0 cm³/mol. The summed E-state index contributed by atoms with van der Waals surface area (Å²) in [6, 6.07) is 7.44. The molecule has 1 amide bonds. The Bertz CT molecular complexity index is 620. The number of aromatic nitrogens is 1. The van der Waals surface area contributed by atoms with Crippen molar-refractivity contribution >= 4 is 5.91 Å². The van der Waals surface area contributed by atoms with Crippen molar-refractivity contribution in [3.8, 4) is 11.5 Å². The fraction of sp³-hybridized carbons (Fsp3) is 0.312. The van der Waals surface area contributed by atoms with Gasteiger partial charge in [-0.3, -0.25) is 4.79 Å². The maximum Gasteiger partial charge on any atom is 0.252 e. The number of carbonyl (C=O) groups excluding carboxylic acids is 1. The zero-order valence-corrected chi connectivity index (χ0v) is 12.6. The quantitative estimate of drug-likeness (QED) is 0.884. The molecule has 2 rings (SSSR count). The molecule has 0 saturated heterocycles. The number of carbonyl (C=O) groups is 1. The number of nitrogens with zero attached hydrogens (tertiary/aromatic N) is 1. The molecular formula is C16H20N2O3. The normalized spacial score (nSPS) is 10.2. The van der Waals surface area contributed by atoms with Gasteiger partial charge in [0.15, 0.2) is 0 Å². The zero-order valence-electron chi connectivity index (χ0n) is 12.6. The number of amides is 1. The van der Waals surface area contributed by atoms with Crippen LogP contribution in [0.15, 0.2) is 36.7 Å². The molecule has 0 aliphatic carbocycles. The largest absolute Gasteiger partial charge is 0.497 e. The van der Waals surface area contributed by atoms with E-state index in [1.807, 2.05) is 36.0 Å². The van der Waals surface area contributed by atoms with Gasteiger partial charge in [-0.1, -0.05) is 0 Å². The monoisotopic (exact) mass is 288 g/mol. The van der Waals surface area contributed by atoms with Crippen molar-refractivity contribution in [2.45, 2.75) is 6.42 Å². The molecule has 0 spiro atoms. The highest BCUT2D eigenvalue weighted by atomic mass is 16.5. The van der Waals surface area contributed by atoms with Crippen LogP contribution in [-0.2, 0) is 13.5 Å². The first-order valence-electron chi connectivity index (χ1n) is 6.75. The molecule has 0 aliphatic heterocycles. The Morgan fingerprint density at radius 2 is 2.05 bits per heavy atom. The fourth-order valence-electron chi connectivity index (χ4n) is 2.13. The van der Waals surface area contributed by atoms with Crippen LogP contribution in [0.2, 0.25) is 0 Å². The van der Waals surface area contributed by atoms with Crippen LogP contribution >= 0.6 is 0 Å². The molecule has 0 aliphatic rings. The predicted octanol–water partition coefficient (Wildman–Crippen LogP) is 2.01. The minimum atomic E-state index is -0.0718. The number of aryl methyl sites for hydroxylation is 1. The van der Waals surface area contributed by atoms with Crippen LogP contribution in [-0.4, -0.2) is 31.2 Å². The van der Waals surface area contributed by atoms with Gasteiger partial charge in [0.25, 0.3) is 5.91 Å². The van der Waals surface area contributed by atoms with Crippen LogP contribution in [0.1, 0.15) is 15.9 Å². The molecule has 1 heterocycles. The van der Waals surface area contributed by atoms with Crippen LogP contribution in [0.25, 0.3) is 0 Å². The average Bonchev–Trinajstić information content (AvgIpc) is 2.93. The van der Waals surface area contributed by atoms with Crippen LogP contribution in [0.4, 0.5) is 0 Å². The van der Waals surface area contributed by atoms with Gasteiger partial charge in [0.05, 0.1) is 19.8 Å². The van der Waals surface area contributed by atoms with E-state index in [9.17, 15) is 4.79 Å². The maximum absolute atomic E-state index is 11.9. The van der Waals surface area contributed by atoms with Gasteiger partial charge in [-0.05, 0) is 36.2 Å². The smallest absolute Gasteiger partial charge is 0.252 e. The molecule has 21 heavy (non-hydrogen) atoms. The third-order valence-electron chi connectivity index (χ3n) is 3.26. The Hall–Kier alpha value is -2.43. The van der Waals surface area contributed by atoms with Gasteiger partial charge >= 0.3 is 0 Å². The van der Waals surface area contributed by atoms with Crippen molar-refractivity contribution in [1.29, 1.82) is 0 Å². The summed E-state index contributed by atoms with van der Waals surface area (Å²) < 4.78 is 12.4. The second-order valence-electron chi connectivity index (χ2n) is 4.75. The Labute approximate surface area is 124 Å². The molecule has 1 aromatic carbocycles. The molecule has 0 radical (unpaired) electrons. The summed E-state index contributed by atoms with van der Waals surface area (Å²) >= 11 is 0. The second-order valence-corrected chi connectivity index (χ2v) is 4.75. The van der Waals surface area contributed by atoms with E-state index in [-0.39, 0.29) is 5.91 Å². The molecule has 0 fully saturated rings. The van der Waals surface area contributed by atoms with Crippen LogP contribution in [0.3, 0.4) is 0 Å². The van der Waals surface area contributed by atoms with Gasteiger partial charge in [0.2, 0.25) is 0 Å². The van der Waals surface area contributed by atoms with Gasteiger partial charge in [-0.25, -0.2) is 0 Å². The molecule has 1 N–H and O–H groups in total. The molecule has 0 bridgehead atoms. The molecule has 5 heteroatoms. The lowest BCUT2D eigenvalue weighted by molar-refractivity contribution is 0.0954. The number of ether oxygens (including phenoxy) is 2. The Morgan fingerprint density at radius 1 is 1.24 bits per heavy atom. The molecule has 1 aromatic heterocycles. The van der Waals surface area contributed by atoms with E-state index in [0.29, 0.717) is 18.5 Å². The first-order chi connectivity index (χ1) is 10.1. The average molecular weight is 288 g/mol. The van der Waals surface area contributed by atoms with E-state index in [0.717, 1.165) is 17.1 Å². The topological polar surface area (TPSA) is 52.5 Å². The number of nitrogens with one attached hydrogen (secondary N) is 1. The van der Waals surface area contributed by atoms with Crippen molar-refractivity contribution in [3.63, 3.8) is 0 Å². The third-order valence-corrected chi connectivity index (χ3v) is 3.26. The molecule has 2 aromatic rings. The minimum Gasteiger partial charge on any atom is -0.497 e. The van der Waals surface area contributed by atoms with Crippen molar-refractivity contribution in [3.05, 3.63) is 47.8 Å². The highest BCUT2D eigenvalue weighted by Gasteiger charge is 2.08. The van der Waals surface area contributed by atoms with Gasteiger partial charge in [-0.2, -0.15) is 0 Å². The molecule has 0 atom stereocenters. The molecule has 5 nitrogen and oxygen atoms in total. The lowest BCUT2D eigenvalue weighted by Crippen LogP contribution is -2.25. The van der Waals surface area contributed by atoms with E-state index < -0.39 is 0 Å². The Kier molecular flexibility index (Phi) is 4.87. The second kappa shape index (κ2) is 6.83. The van der Waals surface area contributed by atoms with Gasteiger partial charge < -0.3 is 19.4 Å². The standard InChI is InChI=1S/C16H20N2O3/c1-18-9-7-13(11-18)16(19)17-8-6-12-10-14(20-2)4-5-15(12)21-3/h4-5,7,9-11H,6,8H2,1-3H3,(H,17,19). The lowest BCUT2D eigenvalue weighted by Gasteiger charge is -2.11. The summed E-state index contributed by atoms with van der Waals surface area (Å²) in [6.45, 7) is 0.539. The Morgan fingerprint density at radius 3 is 2.67 bits per heavy atom. The number of hydrogen-bond donors (Lipinski definition) is 1. The Balaban J connectivity index is 1.95. The first-order valence-corrected chi connectivity index (χ1v) is 6.75. The number of methoxy groups -OCH3 is 2. The molecule has 112 valence electrons. The summed E-state index contributed by atoms with van der Waals surface area (Å²) in [7, 11) is 5.15. The van der Waals surface area contributed by atoms with E-state index in [4.69, 9.17) is 9.47 Å². The summed E-state index contributed by atoms with van der Waals surface area (Å²) in [4.78, 5) is 11.9. The summed E-state index contributed by atoms with van der Waals surface area (Å²) in [5.41, 5.74) is 1.67. The molecule has 0 unspecified atom stereocenters. The minimum absolute atomic E-state index is 0.0718. The highest BCUT2D eigenvalue weighted by Crippen LogP contribution is 2.24. The lowest BCUT2D eigenvalue weighted by atomic mass is 10.1. The van der Waals surface area contributed by atoms with Crippen LogP contribution in [0, 0.1) is 0 Å². The van der Waals surface area contributed by atoms with E-state index in [1.54, 1.807) is 26.5 Å². The zero-order chi connectivity index (χ0) is 15.2. The van der Waals surface area contributed by atoms with Gasteiger partial charge in [0.1, 0.15) is 11.5 Å².